The molecule has 0 saturated heterocycles. The number of hydrogen-bond donors (Lipinski definition) is 0. The summed E-state index contributed by atoms with van der Waals surface area (Å²) >= 11 is 0. The van der Waals surface area contributed by atoms with Gasteiger partial charge in [0.25, 0.3) is 0 Å². The van der Waals surface area contributed by atoms with Crippen LogP contribution in [0.1, 0.15) is 18.2 Å². The second-order valence-corrected chi connectivity index (χ2v) is 5.92. The molecule has 0 atom stereocenters. The van der Waals surface area contributed by atoms with Gasteiger partial charge in [0.1, 0.15) is 29.2 Å². The van der Waals surface area contributed by atoms with E-state index in [4.69, 9.17) is 0 Å². The van der Waals surface area contributed by atoms with Crippen LogP contribution in [0.5, 0.6) is 0 Å². The molecule has 0 N–H and O–H groups in total. The molecule has 1 amide bonds. The quantitative estimate of drug-likeness (QED) is 0.639. The van der Waals surface area contributed by atoms with Gasteiger partial charge in [0.05, 0.1) is 11.9 Å². The Kier molecular flexibility index (Phi) is 4.99. The van der Waals surface area contributed by atoms with Crippen LogP contribution in [0, 0.1) is 23.0 Å². The van der Waals surface area contributed by atoms with Gasteiger partial charge in [-0.25, -0.2) is 13.8 Å². The van der Waals surface area contributed by atoms with Crippen molar-refractivity contribution >= 4 is 17.9 Å². The fourth-order valence-electron chi connectivity index (χ4n) is 3.07. The standard InChI is InChI=1S/C20H16F2N4O/c1-3-16-18(11-25(2)19(16)9-23)17-8-14(22)10-24-20(17)26(12-27)15-6-4-13(21)5-7-15/h4-8,10-12H,3H2,1-2H3. The molecule has 0 spiro atoms. The number of benzene rings is 1. The number of amides is 1. The number of anilines is 2. The fraction of sp³-hybridized carbons (Fsp3) is 0.150. The van der Waals surface area contributed by atoms with Gasteiger partial charge < -0.3 is 4.57 Å². The maximum atomic E-state index is 14.0. The summed E-state index contributed by atoms with van der Waals surface area (Å²) < 4.78 is 28.9. The molecule has 0 bridgehead atoms. The number of hydrogen-bond acceptors (Lipinski definition) is 3. The fourth-order valence-corrected chi connectivity index (χ4v) is 3.07. The van der Waals surface area contributed by atoms with Crippen molar-refractivity contribution in [1.82, 2.24) is 9.55 Å². The number of aryl methyl sites for hydroxylation is 1. The van der Waals surface area contributed by atoms with Crippen LogP contribution in [0.4, 0.5) is 20.3 Å². The van der Waals surface area contributed by atoms with Crippen molar-refractivity contribution in [3.05, 3.63) is 65.6 Å². The summed E-state index contributed by atoms with van der Waals surface area (Å²) in [5.41, 5.74) is 2.58. The smallest absolute Gasteiger partial charge is 0.219 e. The minimum Gasteiger partial charge on any atom is -0.342 e. The van der Waals surface area contributed by atoms with E-state index in [2.05, 4.69) is 11.1 Å². The van der Waals surface area contributed by atoms with Crippen LogP contribution in [0.25, 0.3) is 11.1 Å². The Morgan fingerprint density at radius 1 is 1.22 bits per heavy atom. The van der Waals surface area contributed by atoms with Gasteiger partial charge in [-0.05, 0) is 42.3 Å². The average molecular weight is 366 g/mol. The summed E-state index contributed by atoms with van der Waals surface area (Å²) in [6.45, 7) is 1.89. The first-order chi connectivity index (χ1) is 13.0. The molecule has 136 valence electrons. The number of carbonyl (C=O) groups excluding carboxylic acids is 1. The van der Waals surface area contributed by atoms with E-state index >= 15 is 0 Å². The lowest BCUT2D eigenvalue weighted by molar-refractivity contribution is -0.106. The third-order valence-electron chi connectivity index (χ3n) is 4.31. The number of halogens is 2. The SMILES string of the molecule is CCc1c(-c2cc(F)cnc2N(C=O)c2ccc(F)cc2)cn(C)c1C#N. The Morgan fingerprint density at radius 3 is 2.52 bits per heavy atom. The molecule has 5 nitrogen and oxygen atoms in total. The normalized spacial score (nSPS) is 10.5. The molecule has 7 heteroatoms. The van der Waals surface area contributed by atoms with Crippen molar-refractivity contribution in [2.75, 3.05) is 4.90 Å². The topological polar surface area (TPSA) is 61.9 Å². The second-order valence-electron chi connectivity index (χ2n) is 5.92. The number of rotatable bonds is 5. The highest BCUT2D eigenvalue weighted by molar-refractivity contribution is 5.92. The molecule has 0 radical (unpaired) electrons. The first-order valence-corrected chi connectivity index (χ1v) is 8.24. The molecule has 3 rings (SSSR count). The van der Waals surface area contributed by atoms with Crippen LogP contribution < -0.4 is 4.90 Å². The first-order valence-electron chi connectivity index (χ1n) is 8.24. The lowest BCUT2D eigenvalue weighted by atomic mass is 10.0. The molecule has 0 aliphatic rings. The number of aromatic nitrogens is 2. The van der Waals surface area contributed by atoms with Crippen molar-refractivity contribution in [2.24, 2.45) is 7.05 Å². The van der Waals surface area contributed by atoms with E-state index in [9.17, 15) is 18.8 Å². The van der Waals surface area contributed by atoms with Crippen LogP contribution in [-0.2, 0) is 18.3 Å². The molecule has 0 aliphatic carbocycles. The summed E-state index contributed by atoms with van der Waals surface area (Å²) in [6.07, 6.45) is 3.81. The van der Waals surface area contributed by atoms with E-state index < -0.39 is 11.6 Å². The van der Waals surface area contributed by atoms with Crippen LogP contribution in [0.15, 0.2) is 42.7 Å². The highest BCUT2D eigenvalue weighted by Crippen LogP contribution is 2.36. The van der Waals surface area contributed by atoms with Gasteiger partial charge in [0.2, 0.25) is 6.41 Å². The molecule has 2 aromatic heterocycles. The zero-order chi connectivity index (χ0) is 19.6. The number of nitrogens with zero attached hydrogens (tertiary/aromatic N) is 4. The molecule has 27 heavy (non-hydrogen) atoms. The van der Waals surface area contributed by atoms with Gasteiger partial charge in [-0.3, -0.25) is 9.69 Å². The highest BCUT2D eigenvalue weighted by Gasteiger charge is 2.22. The summed E-state index contributed by atoms with van der Waals surface area (Å²) in [5.74, 6) is -0.808. The Morgan fingerprint density at radius 2 is 1.93 bits per heavy atom. The maximum absolute atomic E-state index is 14.0. The van der Waals surface area contributed by atoms with Crippen LogP contribution in [-0.4, -0.2) is 16.0 Å². The third kappa shape index (κ3) is 3.29. The molecular formula is C20H16F2N4O. The first kappa shape index (κ1) is 18.3. The van der Waals surface area contributed by atoms with Gasteiger partial charge in [-0.15, -0.1) is 0 Å². The highest BCUT2D eigenvalue weighted by atomic mass is 19.1. The van der Waals surface area contributed by atoms with Crippen LogP contribution in [0.2, 0.25) is 0 Å². The lowest BCUT2D eigenvalue weighted by Crippen LogP contribution is -2.17. The van der Waals surface area contributed by atoms with Crippen molar-refractivity contribution < 1.29 is 13.6 Å². The predicted octanol–water partition coefficient (Wildman–Crippen LogP) is 4.09. The minimum atomic E-state index is -0.567. The van der Waals surface area contributed by atoms with E-state index in [1.165, 1.54) is 35.2 Å². The van der Waals surface area contributed by atoms with Crippen molar-refractivity contribution in [3.8, 4) is 17.2 Å². The van der Waals surface area contributed by atoms with Gasteiger partial charge in [-0.2, -0.15) is 5.26 Å². The van der Waals surface area contributed by atoms with Crippen molar-refractivity contribution in [3.63, 3.8) is 0 Å². The second kappa shape index (κ2) is 7.38. The Balaban J connectivity index is 2.24. The summed E-state index contributed by atoms with van der Waals surface area (Å²) in [6, 6.07) is 8.74. The summed E-state index contributed by atoms with van der Waals surface area (Å²) in [7, 11) is 1.73. The zero-order valence-electron chi connectivity index (χ0n) is 14.8. The summed E-state index contributed by atoms with van der Waals surface area (Å²) in [4.78, 5) is 17.1. The third-order valence-corrected chi connectivity index (χ3v) is 4.31. The van der Waals surface area contributed by atoms with Gasteiger partial charge in [0, 0.05) is 24.4 Å². The number of nitriles is 1. The van der Waals surface area contributed by atoms with Gasteiger partial charge in [0.15, 0.2) is 0 Å². The Bertz CT molecular complexity index is 1040. The lowest BCUT2D eigenvalue weighted by Gasteiger charge is -2.20. The van der Waals surface area contributed by atoms with Crippen LogP contribution in [0.3, 0.4) is 0 Å². The number of pyridine rings is 1. The Labute approximate surface area is 155 Å². The van der Waals surface area contributed by atoms with Crippen molar-refractivity contribution in [2.45, 2.75) is 13.3 Å². The maximum Gasteiger partial charge on any atom is 0.219 e. The molecular weight excluding hydrogens is 350 g/mol. The minimum absolute atomic E-state index is 0.197. The van der Waals surface area contributed by atoms with E-state index in [1.807, 2.05) is 6.92 Å². The molecule has 0 fully saturated rings. The largest absolute Gasteiger partial charge is 0.342 e. The zero-order valence-corrected chi connectivity index (χ0v) is 14.8. The summed E-state index contributed by atoms with van der Waals surface area (Å²) in [5, 5.41) is 9.41. The molecule has 1 aromatic carbocycles. The molecule has 0 saturated carbocycles. The van der Waals surface area contributed by atoms with E-state index in [1.54, 1.807) is 17.8 Å². The van der Waals surface area contributed by atoms with E-state index in [-0.39, 0.29) is 5.82 Å². The van der Waals surface area contributed by atoms with E-state index in [0.717, 1.165) is 11.8 Å². The van der Waals surface area contributed by atoms with E-state index in [0.29, 0.717) is 35.3 Å². The molecule has 2 heterocycles. The monoisotopic (exact) mass is 366 g/mol. The van der Waals surface area contributed by atoms with Gasteiger partial charge >= 0.3 is 0 Å². The predicted molar refractivity (Wildman–Crippen MR) is 97.3 cm³/mol. The molecule has 3 aromatic rings. The Hall–Kier alpha value is -3.53. The molecule has 0 unspecified atom stereocenters. The van der Waals surface area contributed by atoms with Crippen LogP contribution >= 0.6 is 0 Å². The van der Waals surface area contributed by atoms with Crippen molar-refractivity contribution in [1.29, 1.82) is 5.26 Å². The average Bonchev–Trinajstić information content (AvgIpc) is 3.00. The van der Waals surface area contributed by atoms with Gasteiger partial charge in [-0.1, -0.05) is 6.92 Å². The number of carbonyl (C=O) groups is 1. The molecule has 0 aliphatic heterocycles.